The maximum atomic E-state index is 11.6. The lowest BCUT2D eigenvalue weighted by molar-refractivity contribution is -0.116. The Morgan fingerprint density at radius 2 is 1.50 bits per heavy atom. The van der Waals surface area contributed by atoms with Crippen molar-refractivity contribution >= 4 is 23.0 Å². The first-order valence-electron chi connectivity index (χ1n) is 7.00. The fourth-order valence-electron chi connectivity index (χ4n) is 1.89. The van der Waals surface area contributed by atoms with Gasteiger partial charge in [-0.2, -0.15) is 0 Å². The molecule has 0 fully saturated rings. The topological polar surface area (TPSA) is 41.1 Å². The lowest BCUT2D eigenvalue weighted by atomic mass is 10.2. The van der Waals surface area contributed by atoms with Crippen molar-refractivity contribution in [3.8, 4) is 0 Å². The zero-order chi connectivity index (χ0) is 14.2. The van der Waals surface area contributed by atoms with Gasteiger partial charge in [0.15, 0.2) is 0 Å². The van der Waals surface area contributed by atoms with E-state index in [2.05, 4.69) is 17.6 Å². The van der Waals surface area contributed by atoms with Gasteiger partial charge >= 0.3 is 0 Å². The molecular weight excluding hydrogens is 248 g/mol. The Labute approximate surface area is 120 Å². The molecule has 0 spiro atoms. The largest absolute Gasteiger partial charge is 0.356 e. The van der Waals surface area contributed by atoms with Gasteiger partial charge in [0.2, 0.25) is 5.91 Å². The van der Waals surface area contributed by atoms with Crippen molar-refractivity contribution in [2.24, 2.45) is 0 Å². The van der Waals surface area contributed by atoms with E-state index in [1.165, 1.54) is 0 Å². The highest BCUT2D eigenvalue weighted by Crippen LogP contribution is 2.18. The number of carbonyl (C=O) groups is 1. The van der Waals surface area contributed by atoms with Crippen LogP contribution in [-0.4, -0.2) is 5.91 Å². The lowest BCUT2D eigenvalue weighted by Crippen LogP contribution is -2.10. The summed E-state index contributed by atoms with van der Waals surface area (Å²) in [6.07, 6.45) is 2.55. The molecule has 104 valence electrons. The minimum atomic E-state index is 0.0793. The molecule has 0 aliphatic heterocycles. The van der Waals surface area contributed by atoms with Crippen LogP contribution in [0.5, 0.6) is 0 Å². The van der Waals surface area contributed by atoms with Crippen molar-refractivity contribution in [1.82, 2.24) is 0 Å². The van der Waals surface area contributed by atoms with E-state index in [-0.39, 0.29) is 5.91 Å². The van der Waals surface area contributed by atoms with Gasteiger partial charge in [-0.1, -0.05) is 31.5 Å². The summed E-state index contributed by atoms with van der Waals surface area (Å²) in [4.78, 5) is 11.6. The van der Waals surface area contributed by atoms with Gasteiger partial charge in [0.05, 0.1) is 0 Å². The van der Waals surface area contributed by atoms with Gasteiger partial charge in [0, 0.05) is 23.5 Å². The van der Waals surface area contributed by atoms with Gasteiger partial charge in [-0.25, -0.2) is 0 Å². The summed E-state index contributed by atoms with van der Waals surface area (Å²) in [6, 6.07) is 17.7. The molecule has 0 bridgehead atoms. The summed E-state index contributed by atoms with van der Waals surface area (Å²) < 4.78 is 0. The third kappa shape index (κ3) is 4.43. The average molecular weight is 268 g/mol. The molecule has 0 aromatic heterocycles. The van der Waals surface area contributed by atoms with Crippen LogP contribution in [0.2, 0.25) is 0 Å². The highest BCUT2D eigenvalue weighted by atomic mass is 16.1. The maximum Gasteiger partial charge on any atom is 0.224 e. The van der Waals surface area contributed by atoms with Crippen LogP contribution in [0.25, 0.3) is 0 Å². The first-order chi connectivity index (χ1) is 9.78. The van der Waals surface area contributed by atoms with E-state index < -0.39 is 0 Å². The molecule has 0 unspecified atom stereocenters. The second kappa shape index (κ2) is 7.34. The van der Waals surface area contributed by atoms with E-state index in [4.69, 9.17) is 0 Å². The number of carbonyl (C=O) groups excluding carboxylic acids is 1. The Balaban J connectivity index is 1.91. The van der Waals surface area contributed by atoms with Crippen LogP contribution in [-0.2, 0) is 4.79 Å². The van der Waals surface area contributed by atoms with Crippen molar-refractivity contribution < 1.29 is 4.79 Å². The molecular formula is C17H20N2O. The van der Waals surface area contributed by atoms with Crippen LogP contribution < -0.4 is 10.6 Å². The quantitative estimate of drug-likeness (QED) is 0.806. The molecule has 0 aliphatic rings. The van der Waals surface area contributed by atoms with Crippen LogP contribution >= 0.6 is 0 Å². The third-order valence-corrected chi connectivity index (χ3v) is 2.99. The monoisotopic (exact) mass is 268 g/mol. The number of hydrogen-bond donors (Lipinski definition) is 2. The van der Waals surface area contributed by atoms with Crippen LogP contribution in [0.1, 0.15) is 26.2 Å². The Hall–Kier alpha value is -2.29. The third-order valence-electron chi connectivity index (χ3n) is 2.99. The summed E-state index contributed by atoms with van der Waals surface area (Å²) in [7, 11) is 0. The number of rotatable bonds is 6. The van der Waals surface area contributed by atoms with Crippen LogP contribution in [0.3, 0.4) is 0 Å². The number of nitrogens with one attached hydrogen (secondary N) is 2. The van der Waals surface area contributed by atoms with Gasteiger partial charge in [-0.3, -0.25) is 4.79 Å². The van der Waals surface area contributed by atoms with Crippen LogP contribution in [0.4, 0.5) is 17.1 Å². The van der Waals surface area contributed by atoms with E-state index in [1.807, 2.05) is 54.6 Å². The van der Waals surface area contributed by atoms with Gasteiger partial charge in [0.25, 0.3) is 0 Å². The summed E-state index contributed by atoms with van der Waals surface area (Å²) in [5, 5.41) is 6.21. The summed E-state index contributed by atoms with van der Waals surface area (Å²) in [5.41, 5.74) is 2.89. The average Bonchev–Trinajstić information content (AvgIpc) is 2.48. The summed E-state index contributed by atoms with van der Waals surface area (Å²) >= 11 is 0. The molecule has 0 aliphatic carbocycles. The lowest BCUT2D eigenvalue weighted by Gasteiger charge is -2.08. The molecule has 0 atom stereocenters. The Kier molecular flexibility index (Phi) is 5.18. The molecule has 0 heterocycles. The van der Waals surface area contributed by atoms with Crippen molar-refractivity contribution in [1.29, 1.82) is 0 Å². The summed E-state index contributed by atoms with van der Waals surface area (Å²) in [6.45, 7) is 2.08. The highest BCUT2D eigenvalue weighted by molar-refractivity contribution is 5.90. The zero-order valence-corrected chi connectivity index (χ0v) is 11.7. The molecule has 0 saturated carbocycles. The van der Waals surface area contributed by atoms with E-state index >= 15 is 0 Å². The Bertz CT molecular complexity index is 535. The van der Waals surface area contributed by atoms with Crippen molar-refractivity contribution in [2.45, 2.75) is 26.2 Å². The molecule has 2 N–H and O–H groups in total. The second-order valence-electron chi connectivity index (χ2n) is 4.72. The minimum Gasteiger partial charge on any atom is -0.356 e. The van der Waals surface area contributed by atoms with E-state index in [0.717, 1.165) is 29.9 Å². The first-order valence-corrected chi connectivity index (χ1v) is 7.00. The molecule has 0 saturated heterocycles. The minimum absolute atomic E-state index is 0.0793. The number of para-hydroxylation sites is 1. The molecule has 20 heavy (non-hydrogen) atoms. The number of anilines is 3. The Morgan fingerprint density at radius 1 is 0.900 bits per heavy atom. The Morgan fingerprint density at radius 3 is 2.15 bits per heavy atom. The number of unbranched alkanes of at least 4 members (excludes halogenated alkanes) is 1. The van der Waals surface area contributed by atoms with Gasteiger partial charge in [-0.15, -0.1) is 0 Å². The molecule has 3 heteroatoms. The maximum absolute atomic E-state index is 11.6. The number of amides is 1. The predicted octanol–water partition coefficient (Wildman–Crippen LogP) is 4.56. The van der Waals surface area contributed by atoms with E-state index in [9.17, 15) is 4.79 Å². The fraction of sp³-hybridized carbons (Fsp3) is 0.235. The van der Waals surface area contributed by atoms with E-state index in [0.29, 0.717) is 6.42 Å². The molecule has 3 nitrogen and oxygen atoms in total. The predicted molar refractivity (Wildman–Crippen MR) is 84.3 cm³/mol. The fourth-order valence-corrected chi connectivity index (χ4v) is 1.89. The van der Waals surface area contributed by atoms with Gasteiger partial charge < -0.3 is 10.6 Å². The van der Waals surface area contributed by atoms with E-state index in [1.54, 1.807) is 0 Å². The van der Waals surface area contributed by atoms with Crippen LogP contribution in [0.15, 0.2) is 54.6 Å². The second-order valence-corrected chi connectivity index (χ2v) is 4.72. The van der Waals surface area contributed by atoms with Gasteiger partial charge in [0.1, 0.15) is 0 Å². The molecule has 2 aromatic rings. The van der Waals surface area contributed by atoms with Gasteiger partial charge in [-0.05, 0) is 42.8 Å². The van der Waals surface area contributed by atoms with Crippen molar-refractivity contribution in [3.05, 3.63) is 54.6 Å². The molecule has 0 radical (unpaired) electrons. The SMILES string of the molecule is CCCCC(=O)Nc1ccc(Nc2ccccc2)cc1. The molecule has 1 amide bonds. The standard InChI is InChI=1S/C17H20N2O/c1-2-3-9-17(20)19-16-12-10-15(11-13-16)18-14-7-5-4-6-8-14/h4-8,10-13,18H,2-3,9H2,1H3,(H,19,20). The number of hydrogen-bond acceptors (Lipinski definition) is 2. The zero-order valence-electron chi connectivity index (χ0n) is 11.7. The van der Waals surface area contributed by atoms with Crippen molar-refractivity contribution in [3.63, 3.8) is 0 Å². The van der Waals surface area contributed by atoms with Crippen molar-refractivity contribution in [2.75, 3.05) is 10.6 Å². The van der Waals surface area contributed by atoms with Crippen LogP contribution in [0, 0.1) is 0 Å². The molecule has 2 aromatic carbocycles. The molecule has 2 rings (SSSR count). The first kappa shape index (κ1) is 14.1. The smallest absolute Gasteiger partial charge is 0.224 e. The number of benzene rings is 2. The summed E-state index contributed by atoms with van der Waals surface area (Å²) in [5.74, 6) is 0.0793. The normalized spacial score (nSPS) is 10.1. The highest BCUT2D eigenvalue weighted by Gasteiger charge is 2.01.